The fraction of sp³-hybridized carbons (Fsp3) is 0.750. The van der Waals surface area contributed by atoms with Gasteiger partial charge >= 0.3 is 0 Å². The summed E-state index contributed by atoms with van der Waals surface area (Å²) in [5.41, 5.74) is 0. The summed E-state index contributed by atoms with van der Waals surface area (Å²) >= 11 is 0. The molecular formula is C16H25N5O2. The van der Waals surface area contributed by atoms with Crippen LogP contribution in [0.5, 0.6) is 0 Å². The van der Waals surface area contributed by atoms with Crippen molar-refractivity contribution < 1.29 is 9.59 Å². The van der Waals surface area contributed by atoms with Crippen LogP contribution >= 0.6 is 0 Å². The first-order chi connectivity index (χ1) is 11.0. The van der Waals surface area contributed by atoms with Gasteiger partial charge in [0, 0.05) is 33.1 Å². The molecule has 0 aromatic rings. The summed E-state index contributed by atoms with van der Waals surface area (Å²) in [7, 11) is 3.53. The quantitative estimate of drug-likeness (QED) is 0.679. The van der Waals surface area contributed by atoms with Crippen molar-refractivity contribution in [1.82, 2.24) is 14.7 Å². The number of amides is 2. The molecular weight excluding hydrogens is 294 g/mol. The third kappa shape index (κ3) is 6.25. The number of nitriles is 2. The highest BCUT2D eigenvalue weighted by Gasteiger charge is 2.27. The van der Waals surface area contributed by atoms with Gasteiger partial charge in [-0.15, -0.1) is 0 Å². The van der Waals surface area contributed by atoms with Crippen molar-refractivity contribution in [2.75, 3.05) is 46.8 Å². The summed E-state index contributed by atoms with van der Waals surface area (Å²) in [4.78, 5) is 29.5. The molecule has 0 spiro atoms. The van der Waals surface area contributed by atoms with Crippen LogP contribution in [0.4, 0.5) is 0 Å². The number of rotatable bonds is 7. The Morgan fingerprint density at radius 2 is 1.61 bits per heavy atom. The van der Waals surface area contributed by atoms with Crippen LogP contribution in [0.3, 0.4) is 0 Å². The lowest BCUT2D eigenvalue weighted by atomic mass is 9.95. The van der Waals surface area contributed by atoms with E-state index in [0.29, 0.717) is 19.6 Å². The van der Waals surface area contributed by atoms with E-state index in [1.54, 1.807) is 23.9 Å². The summed E-state index contributed by atoms with van der Waals surface area (Å²) < 4.78 is 0. The second-order valence-electron chi connectivity index (χ2n) is 5.98. The van der Waals surface area contributed by atoms with Crippen molar-refractivity contribution in [3.05, 3.63) is 0 Å². The predicted molar refractivity (Wildman–Crippen MR) is 84.9 cm³/mol. The third-order valence-electron chi connectivity index (χ3n) is 4.08. The van der Waals surface area contributed by atoms with Gasteiger partial charge in [-0.3, -0.25) is 14.5 Å². The number of carbonyl (C=O) groups excluding carboxylic acids is 2. The van der Waals surface area contributed by atoms with Crippen molar-refractivity contribution in [2.24, 2.45) is 5.92 Å². The minimum Gasteiger partial charge on any atom is -0.349 e. The lowest BCUT2D eigenvalue weighted by molar-refractivity contribution is -0.135. The van der Waals surface area contributed by atoms with E-state index in [2.05, 4.69) is 0 Å². The molecule has 0 unspecified atom stereocenters. The average Bonchev–Trinajstić information content (AvgIpc) is 2.54. The second-order valence-corrected chi connectivity index (χ2v) is 5.98. The zero-order valence-electron chi connectivity index (χ0n) is 14.0. The van der Waals surface area contributed by atoms with Gasteiger partial charge < -0.3 is 9.80 Å². The van der Waals surface area contributed by atoms with Crippen molar-refractivity contribution in [2.45, 2.75) is 25.7 Å². The fourth-order valence-corrected chi connectivity index (χ4v) is 2.73. The number of hydrogen-bond donors (Lipinski definition) is 0. The molecule has 1 aliphatic heterocycles. The normalized spacial score (nSPS) is 15.5. The maximum atomic E-state index is 12.3. The van der Waals surface area contributed by atoms with E-state index in [1.165, 1.54) is 0 Å². The minimum atomic E-state index is -0.0483. The maximum absolute atomic E-state index is 12.3. The van der Waals surface area contributed by atoms with Crippen molar-refractivity contribution in [1.29, 1.82) is 10.5 Å². The number of likely N-dealkylation sites (tertiary alicyclic amines) is 1. The van der Waals surface area contributed by atoms with E-state index in [-0.39, 0.29) is 30.6 Å². The molecule has 126 valence electrons. The van der Waals surface area contributed by atoms with Gasteiger partial charge in [-0.2, -0.15) is 10.5 Å². The molecule has 1 rings (SSSR count). The van der Waals surface area contributed by atoms with Crippen LogP contribution in [-0.2, 0) is 9.59 Å². The lowest BCUT2D eigenvalue weighted by Crippen LogP contribution is -2.45. The summed E-state index contributed by atoms with van der Waals surface area (Å²) in [6.07, 6.45) is 2.08. The lowest BCUT2D eigenvalue weighted by Gasteiger charge is -2.33. The maximum Gasteiger partial charge on any atom is 0.236 e. The van der Waals surface area contributed by atoms with Gasteiger partial charge in [0.15, 0.2) is 0 Å². The first-order valence-corrected chi connectivity index (χ1v) is 7.94. The Balaban J connectivity index is 2.46. The molecule has 0 atom stereocenters. The molecule has 1 aliphatic rings. The van der Waals surface area contributed by atoms with E-state index in [4.69, 9.17) is 10.5 Å². The van der Waals surface area contributed by atoms with Crippen LogP contribution in [0.1, 0.15) is 25.7 Å². The Morgan fingerprint density at radius 1 is 1.09 bits per heavy atom. The van der Waals surface area contributed by atoms with Crippen molar-refractivity contribution >= 4 is 11.8 Å². The predicted octanol–water partition coefficient (Wildman–Crippen LogP) is 0.443. The van der Waals surface area contributed by atoms with Crippen LogP contribution in [0, 0.1) is 28.6 Å². The first kappa shape index (κ1) is 18.9. The van der Waals surface area contributed by atoms with Gasteiger partial charge in [0.05, 0.1) is 31.5 Å². The standard InChI is InChI=1S/C16H25N5O2/c1-19(2)16(23)14-5-11-20(12-6-14)13-15(22)21(9-3-7-17)10-4-8-18/h14H,3-6,9-13H2,1-2H3. The molecule has 1 saturated heterocycles. The van der Waals surface area contributed by atoms with Gasteiger partial charge in [-0.1, -0.05) is 0 Å². The fourth-order valence-electron chi connectivity index (χ4n) is 2.73. The molecule has 2 amide bonds. The van der Waals surface area contributed by atoms with Crippen LogP contribution in [0.25, 0.3) is 0 Å². The Kier molecular flexibility index (Phi) is 8.07. The molecule has 0 aromatic carbocycles. The van der Waals surface area contributed by atoms with Gasteiger partial charge in [-0.25, -0.2) is 0 Å². The van der Waals surface area contributed by atoms with E-state index >= 15 is 0 Å². The summed E-state index contributed by atoms with van der Waals surface area (Å²) in [5.74, 6) is 0.151. The van der Waals surface area contributed by atoms with Gasteiger partial charge in [0.2, 0.25) is 11.8 Å². The highest BCUT2D eigenvalue weighted by Crippen LogP contribution is 2.18. The molecule has 0 aromatic heterocycles. The smallest absolute Gasteiger partial charge is 0.236 e. The van der Waals surface area contributed by atoms with E-state index < -0.39 is 0 Å². The second kappa shape index (κ2) is 9.81. The minimum absolute atomic E-state index is 0.0460. The molecule has 7 heteroatoms. The molecule has 0 bridgehead atoms. The monoisotopic (exact) mass is 319 g/mol. The third-order valence-corrected chi connectivity index (χ3v) is 4.08. The van der Waals surface area contributed by atoms with E-state index in [0.717, 1.165) is 25.9 Å². The number of carbonyl (C=O) groups is 2. The SMILES string of the molecule is CN(C)C(=O)C1CCN(CC(=O)N(CCC#N)CCC#N)CC1. The Labute approximate surface area is 138 Å². The summed E-state index contributed by atoms with van der Waals surface area (Å²) in [6, 6.07) is 4.06. The molecule has 1 fully saturated rings. The average molecular weight is 319 g/mol. The van der Waals surface area contributed by atoms with Crippen LogP contribution in [-0.4, -0.2) is 73.3 Å². The zero-order chi connectivity index (χ0) is 17.2. The topological polar surface area (TPSA) is 91.4 Å². The molecule has 1 heterocycles. The summed E-state index contributed by atoms with van der Waals surface area (Å²) in [6.45, 7) is 2.47. The Bertz CT molecular complexity index is 466. The van der Waals surface area contributed by atoms with Crippen LogP contribution < -0.4 is 0 Å². The molecule has 0 radical (unpaired) electrons. The van der Waals surface area contributed by atoms with Crippen LogP contribution in [0.2, 0.25) is 0 Å². The Morgan fingerprint density at radius 3 is 2.04 bits per heavy atom. The molecule has 7 nitrogen and oxygen atoms in total. The number of nitrogens with zero attached hydrogens (tertiary/aromatic N) is 5. The molecule has 23 heavy (non-hydrogen) atoms. The van der Waals surface area contributed by atoms with Crippen molar-refractivity contribution in [3.63, 3.8) is 0 Å². The number of piperidine rings is 1. The van der Waals surface area contributed by atoms with Crippen molar-refractivity contribution in [3.8, 4) is 12.1 Å². The molecule has 0 aliphatic carbocycles. The van der Waals surface area contributed by atoms with Gasteiger partial charge in [0.25, 0.3) is 0 Å². The number of hydrogen-bond acceptors (Lipinski definition) is 5. The van der Waals surface area contributed by atoms with Crippen LogP contribution in [0.15, 0.2) is 0 Å². The van der Waals surface area contributed by atoms with E-state index in [1.807, 2.05) is 17.0 Å². The highest BCUT2D eigenvalue weighted by atomic mass is 16.2. The highest BCUT2D eigenvalue weighted by molar-refractivity contribution is 5.79. The largest absolute Gasteiger partial charge is 0.349 e. The Hall–Kier alpha value is -2.12. The van der Waals surface area contributed by atoms with Gasteiger partial charge in [0.1, 0.15) is 0 Å². The summed E-state index contributed by atoms with van der Waals surface area (Å²) in [5, 5.41) is 17.3. The molecule has 0 N–H and O–H groups in total. The van der Waals surface area contributed by atoms with Gasteiger partial charge in [-0.05, 0) is 25.9 Å². The zero-order valence-corrected chi connectivity index (χ0v) is 14.0. The van der Waals surface area contributed by atoms with E-state index in [9.17, 15) is 9.59 Å². The molecule has 0 saturated carbocycles. The first-order valence-electron chi connectivity index (χ1n) is 7.94.